The van der Waals surface area contributed by atoms with Crippen LogP contribution >= 0.6 is 0 Å². The minimum absolute atomic E-state index is 0.0413. The maximum absolute atomic E-state index is 13.9. The van der Waals surface area contributed by atoms with Gasteiger partial charge in [0.1, 0.15) is 6.61 Å². The number of carbonyl (C=O) groups is 1. The number of nitrogens with zero attached hydrogens (tertiary/aromatic N) is 1. The number of piperidine rings is 1. The summed E-state index contributed by atoms with van der Waals surface area (Å²) in [6.07, 6.45) is 5.55. The number of terminal acetylenes is 1. The molecule has 1 saturated heterocycles. The number of fused-ring (bicyclic) bond motifs is 1. The van der Waals surface area contributed by atoms with Crippen LogP contribution in [0.4, 0.5) is 0 Å². The van der Waals surface area contributed by atoms with Gasteiger partial charge in [0.05, 0.1) is 0 Å². The van der Waals surface area contributed by atoms with Gasteiger partial charge in [0, 0.05) is 25.7 Å². The molecule has 3 aromatic carbocycles. The molecule has 0 spiro atoms. The van der Waals surface area contributed by atoms with E-state index < -0.39 is 5.60 Å². The standard InChI is InChI=1S/C29H28N2O2/c1-2-18-33-29(23-14-8-4-9-15-23,24-16-10-5-11-17-24)28(32)30-27-25-20-31(21-26(25)27)19-22-12-6-3-7-13-22/h1,3-17,25-27H,18-21H2,(H,30,32). The molecule has 1 N–H and O–H groups in total. The molecule has 1 saturated carbocycles. The molecule has 2 fully saturated rings. The Balaban J connectivity index is 1.34. The Bertz CT molecular complexity index is 1070. The molecule has 1 aliphatic carbocycles. The summed E-state index contributed by atoms with van der Waals surface area (Å²) in [7, 11) is 0. The molecule has 166 valence electrons. The maximum Gasteiger partial charge on any atom is 0.261 e. The smallest absolute Gasteiger partial charge is 0.261 e. The summed E-state index contributed by atoms with van der Waals surface area (Å²) in [5, 5.41) is 3.33. The highest BCUT2D eigenvalue weighted by atomic mass is 16.5. The van der Waals surface area contributed by atoms with E-state index in [4.69, 9.17) is 11.2 Å². The minimum atomic E-state index is -1.28. The molecule has 33 heavy (non-hydrogen) atoms. The fourth-order valence-corrected chi connectivity index (χ4v) is 5.21. The van der Waals surface area contributed by atoms with Crippen molar-refractivity contribution in [3.8, 4) is 12.3 Å². The van der Waals surface area contributed by atoms with Crippen molar-refractivity contribution in [3.63, 3.8) is 0 Å². The van der Waals surface area contributed by atoms with Crippen molar-refractivity contribution < 1.29 is 9.53 Å². The fraction of sp³-hybridized carbons (Fsp3) is 0.276. The summed E-state index contributed by atoms with van der Waals surface area (Å²) in [6.45, 7) is 3.00. The first-order valence-corrected chi connectivity index (χ1v) is 11.5. The second kappa shape index (κ2) is 9.23. The summed E-state index contributed by atoms with van der Waals surface area (Å²) >= 11 is 0. The highest BCUT2D eigenvalue weighted by Crippen LogP contribution is 2.47. The number of likely N-dealkylation sites (tertiary alicyclic amines) is 1. The van der Waals surface area contributed by atoms with Gasteiger partial charge < -0.3 is 10.1 Å². The van der Waals surface area contributed by atoms with Crippen molar-refractivity contribution >= 4 is 5.91 Å². The summed E-state index contributed by atoms with van der Waals surface area (Å²) in [4.78, 5) is 16.4. The summed E-state index contributed by atoms with van der Waals surface area (Å²) in [5.41, 5.74) is 1.60. The highest BCUT2D eigenvalue weighted by molar-refractivity contribution is 5.91. The normalized spacial score (nSPS) is 21.7. The van der Waals surface area contributed by atoms with Crippen LogP contribution < -0.4 is 5.32 Å². The van der Waals surface area contributed by atoms with Crippen LogP contribution in [-0.4, -0.2) is 36.5 Å². The van der Waals surface area contributed by atoms with Crippen LogP contribution in [0.1, 0.15) is 16.7 Å². The quantitative estimate of drug-likeness (QED) is 0.546. The van der Waals surface area contributed by atoms with Gasteiger partial charge in [-0.25, -0.2) is 0 Å². The van der Waals surface area contributed by atoms with Crippen LogP contribution in [0.15, 0.2) is 91.0 Å². The maximum atomic E-state index is 13.9. The second-order valence-corrected chi connectivity index (χ2v) is 8.91. The Labute approximate surface area is 195 Å². The van der Waals surface area contributed by atoms with E-state index in [-0.39, 0.29) is 18.6 Å². The average Bonchev–Trinajstić information content (AvgIpc) is 3.30. The van der Waals surface area contributed by atoms with Crippen LogP contribution in [0.3, 0.4) is 0 Å². The van der Waals surface area contributed by atoms with Crippen LogP contribution in [-0.2, 0) is 21.7 Å². The Morgan fingerprint density at radius 2 is 1.42 bits per heavy atom. The van der Waals surface area contributed by atoms with E-state index in [0.29, 0.717) is 11.8 Å². The molecule has 3 aromatic rings. The molecule has 1 aliphatic heterocycles. The number of amides is 1. The van der Waals surface area contributed by atoms with E-state index in [1.54, 1.807) is 0 Å². The highest BCUT2D eigenvalue weighted by Gasteiger charge is 2.58. The molecule has 5 rings (SSSR count). The molecule has 4 nitrogen and oxygen atoms in total. The zero-order valence-electron chi connectivity index (χ0n) is 18.6. The number of rotatable bonds is 8. The molecule has 4 heteroatoms. The van der Waals surface area contributed by atoms with Crippen molar-refractivity contribution in [2.45, 2.75) is 18.2 Å². The zero-order chi connectivity index (χ0) is 22.7. The van der Waals surface area contributed by atoms with Crippen molar-refractivity contribution in [3.05, 3.63) is 108 Å². The minimum Gasteiger partial charge on any atom is -0.350 e. The molecule has 1 amide bonds. The first kappa shape index (κ1) is 21.5. The molecular formula is C29H28N2O2. The largest absolute Gasteiger partial charge is 0.350 e. The number of ether oxygens (including phenoxy) is 1. The van der Waals surface area contributed by atoms with Crippen LogP contribution in [0.5, 0.6) is 0 Å². The molecular weight excluding hydrogens is 408 g/mol. The summed E-state index contributed by atoms with van der Waals surface area (Å²) in [5.74, 6) is 3.36. The lowest BCUT2D eigenvalue weighted by molar-refractivity contribution is -0.142. The van der Waals surface area contributed by atoms with E-state index in [1.165, 1.54) is 5.56 Å². The molecule has 0 radical (unpaired) electrons. The monoisotopic (exact) mass is 436 g/mol. The third-order valence-electron chi connectivity index (χ3n) is 6.87. The van der Waals surface area contributed by atoms with Gasteiger partial charge in [-0.3, -0.25) is 9.69 Å². The lowest BCUT2D eigenvalue weighted by atomic mass is 9.85. The van der Waals surface area contributed by atoms with Gasteiger partial charge in [-0.2, -0.15) is 0 Å². The van der Waals surface area contributed by atoms with E-state index in [2.05, 4.69) is 40.4 Å². The predicted molar refractivity (Wildman–Crippen MR) is 129 cm³/mol. The molecule has 2 aliphatic rings. The number of benzene rings is 3. The number of nitrogens with one attached hydrogen (secondary N) is 1. The number of hydrogen-bond acceptors (Lipinski definition) is 3. The molecule has 0 aromatic heterocycles. The first-order valence-electron chi connectivity index (χ1n) is 11.5. The van der Waals surface area contributed by atoms with Crippen LogP contribution in [0.25, 0.3) is 0 Å². The van der Waals surface area contributed by atoms with Gasteiger partial charge in [0.2, 0.25) is 0 Å². The van der Waals surface area contributed by atoms with E-state index in [0.717, 1.165) is 30.8 Å². The SMILES string of the molecule is C#CCOC(C(=O)NC1C2CN(Cc3ccccc3)CC21)(c1ccccc1)c1ccccc1. The zero-order valence-corrected chi connectivity index (χ0v) is 18.6. The molecule has 2 unspecified atom stereocenters. The Kier molecular flexibility index (Phi) is 6.00. The molecule has 1 heterocycles. The third-order valence-corrected chi connectivity index (χ3v) is 6.87. The van der Waals surface area contributed by atoms with Gasteiger partial charge in [-0.05, 0) is 28.5 Å². The number of hydrogen-bond donors (Lipinski definition) is 1. The van der Waals surface area contributed by atoms with E-state index in [1.807, 2.05) is 66.7 Å². The third kappa shape index (κ3) is 4.18. The van der Waals surface area contributed by atoms with Crippen molar-refractivity contribution in [2.75, 3.05) is 19.7 Å². The molecule has 0 bridgehead atoms. The van der Waals surface area contributed by atoms with Gasteiger partial charge in [0.25, 0.3) is 5.91 Å². The van der Waals surface area contributed by atoms with Crippen LogP contribution in [0.2, 0.25) is 0 Å². The first-order chi connectivity index (χ1) is 16.2. The van der Waals surface area contributed by atoms with Gasteiger partial charge in [-0.15, -0.1) is 6.42 Å². The Morgan fingerprint density at radius 1 is 0.909 bits per heavy atom. The van der Waals surface area contributed by atoms with Crippen molar-refractivity contribution in [2.24, 2.45) is 11.8 Å². The average molecular weight is 437 g/mol. The fourth-order valence-electron chi connectivity index (χ4n) is 5.21. The van der Waals surface area contributed by atoms with Crippen LogP contribution in [0, 0.1) is 24.2 Å². The van der Waals surface area contributed by atoms with Gasteiger partial charge in [0.15, 0.2) is 5.60 Å². The van der Waals surface area contributed by atoms with Gasteiger partial charge in [-0.1, -0.05) is 96.9 Å². The predicted octanol–water partition coefficient (Wildman–Crippen LogP) is 3.83. The number of carbonyl (C=O) groups excluding carboxylic acids is 1. The Hall–Kier alpha value is -3.39. The Morgan fingerprint density at radius 3 is 1.94 bits per heavy atom. The summed E-state index contributed by atoms with van der Waals surface area (Å²) in [6, 6.07) is 30.0. The summed E-state index contributed by atoms with van der Waals surface area (Å²) < 4.78 is 6.21. The lowest BCUT2D eigenvalue weighted by Crippen LogP contribution is -2.49. The second-order valence-electron chi connectivity index (χ2n) is 8.91. The topological polar surface area (TPSA) is 41.6 Å². The molecule has 2 atom stereocenters. The van der Waals surface area contributed by atoms with E-state index >= 15 is 0 Å². The van der Waals surface area contributed by atoms with Crippen molar-refractivity contribution in [1.82, 2.24) is 10.2 Å². The van der Waals surface area contributed by atoms with E-state index in [9.17, 15) is 4.79 Å². The van der Waals surface area contributed by atoms with Crippen molar-refractivity contribution in [1.29, 1.82) is 0 Å². The van der Waals surface area contributed by atoms with Gasteiger partial charge >= 0.3 is 0 Å². The lowest BCUT2D eigenvalue weighted by Gasteiger charge is -2.33.